The van der Waals surface area contributed by atoms with Crippen molar-refractivity contribution in [3.8, 4) is 0 Å². The molecule has 1 aliphatic heterocycles. The van der Waals surface area contributed by atoms with Gasteiger partial charge in [0.15, 0.2) is 0 Å². The van der Waals surface area contributed by atoms with Crippen LogP contribution < -0.4 is 5.73 Å². The lowest BCUT2D eigenvalue weighted by molar-refractivity contribution is -0.146. The minimum absolute atomic E-state index is 0. The predicted molar refractivity (Wildman–Crippen MR) is 75.9 cm³/mol. The number of nitrogens with two attached hydrogens (primary N) is 1. The molecule has 4 nitrogen and oxygen atoms in total. The number of hydrogen-bond donors (Lipinski definition) is 1. The van der Waals surface area contributed by atoms with Crippen LogP contribution in [0, 0.1) is 11.3 Å². The molecule has 1 aliphatic rings. The summed E-state index contributed by atoms with van der Waals surface area (Å²) in [6.45, 7) is 6.87. The minimum Gasteiger partial charge on any atom is -0.381 e. The molecule has 0 radical (unpaired) electrons. The highest BCUT2D eigenvalue weighted by molar-refractivity contribution is 5.85. The molecule has 18 heavy (non-hydrogen) atoms. The van der Waals surface area contributed by atoms with Gasteiger partial charge in [-0.1, -0.05) is 20.3 Å². The number of halogens is 1. The summed E-state index contributed by atoms with van der Waals surface area (Å²) in [5, 5.41) is 0. The highest BCUT2D eigenvalue weighted by Gasteiger charge is 2.40. The number of carbonyl (C=O) groups is 1. The molecule has 1 unspecified atom stereocenters. The third-order valence-electron chi connectivity index (χ3n) is 3.92. The molecule has 0 bridgehead atoms. The monoisotopic (exact) mass is 278 g/mol. The largest absolute Gasteiger partial charge is 0.381 e. The van der Waals surface area contributed by atoms with E-state index in [2.05, 4.69) is 13.8 Å². The first-order valence-electron chi connectivity index (χ1n) is 6.59. The first kappa shape index (κ1) is 17.7. The Labute approximate surface area is 117 Å². The quantitative estimate of drug-likeness (QED) is 0.832. The van der Waals surface area contributed by atoms with Crippen molar-refractivity contribution in [3.63, 3.8) is 0 Å². The van der Waals surface area contributed by atoms with E-state index in [1.54, 1.807) is 0 Å². The van der Waals surface area contributed by atoms with Crippen molar-refractivity contribution in [1.82, 2.24) is 4.90 Å². The van der Waals surface area contributed by atoms with Crippen LogP contribution in [0.4, 0.5) is 0 Å². The van der Waals surface area contributed by atoms with Gasteiger partial charge in [0.05, 0.1) is 5.41 Å². The van der Waals surface area contributed by atoms with E-state index < -0.39 is 0 Å². The Morgan fingerprint density at radius 3 is 2.44 bits per heavy atom. The molecule has 0 aromatic carbocycles. The van der Waals surface area contributed by atoms with Gasteiger partial charge in [0.1, 0.15) is 0 Å². The van der Waals surface area contributed by atoms with E-state index in [9.17, 15) is 4.79 Å². The fourth-order valence-corrected chi connectivity index (χ4v) is 2.35. The molecular formula is C13H27ClN2O2. The van der Waals surface area contributed by atoms with Crippen molar-refractivity contribution < 1.29 is 9.53 Å². The highest BCUT2D eigenvalue weighted by atomic mass is 35.5. The van der Waals surface area contributed by atoms with Crippen LogP contribution in [0.25, 0.3) is 0 Å². The summed E-state index contributed by atoms with van der Waals surface area (Å²) in [4.78, 5) is 14.3. The lowest BCUT2D eigenvalue weighted by Gasteiger charge is -2.38. The molecule has 1 atom stereocenters. The molecule has 1 fully saturated rings. The maximum absolute atomic E-state index is 12.5. The second kappa shape index (κ2) is 7.97. The summed E-state index contributed by atoms with van der Waals surface area (Å²) in [6.07, 6.45) is 2.61. The Morgan fingerprint density at radius 1 is 1.44 bits per heavy atom. The third-order valence-corrected chi connectivity index (χ3v) is 3.92. The summed E-state index contributed by atoms with van der Waals surface area (Å²) < 4.78 is 5.33. The number of ether oxygens (including phenoxy) is 1. The average Bonchev–Trinajstić information content (AvgIpc) is 2.38. The number of nitrogens with zero attached hydrogens (tertiary/aromatic N) is 1. The van der Waals surface area contributed by atoms with Gasteiger partial charge in [-0.15, -0.1) is 12.4 Å². The fraction of sp³-hybridized carbons (Fsp3) is 0.923. The van der Waals surface area contributed by atoms with Gasteiger partial charge in [-0.3, -0.25) is 4.79 Å². The predicted octanol–water partition coefficient (Wildman–Crippen LogP) is 1.67. The highest BCUT2D eigenvalue weighted by Crippen LogP contribution is 2.31. The maximum atomic E-state index is 12.5. The molecule has 0 aliphatic carbocycles. The Kier molecular flexibility index (Phi) is 7.83. The summed E-state index contributed by atoms with van der Waals surface area (Å²) in [5.74, 6) is 0.738. The second-order valence-electron chi connectivity index (χ2n) is 5.30. The van der Waals surface area contributed by atoms with Crippen molar-refractivity contribution in [3.05, 3.63) is 0 Å². The number of carbonyl (C=O) groups excluding carboxylic acids is 1. The van der Waals surface area contributed by atoms with Crippen LogP contribution in [-0.2, 0) is 9.53 Å². The normalized spacial score (nSPS) is 19.8. The smallest absolute Gasteiger partial charge is 0.229 e. The molecule has 0 aromatic heterocycles. The van der Waals surface area contributed by atoms with Gasteiger partial charge in [0.25, 0.3) is 0 Å². The molecule has 0 aromatic rings. The van der Waals surface area contributed by atoms with Crippen LogP contribution in [-0.4, -0.2) is 44.2 Å². The minimum atomic E-state index is -0.375. The topological polar surface area (TPSA) is 55.6 Å². The molecule has 5 heteroatoms. The van der Waals surface area contributed by atoms with Gasteiger partial charge < -0.3 is 15.4 Å². The van der Waals surface area contributed by atoms with Gasteiger partial charge in [-0.2, -0.15) is 0 Å². The van der Waals surface area contributed by atoms with Crippen LogP contribution >= 0.6 is 12.4 Å². The summed E-state index contributed by atoms with van der Waals surface area (Å²) >= 11 is 0. The number of hydrogen-bond acceptors (Lipinski definition) is 3. The molecule has 1 rings (SSSR count). The number of amides is 1. The van der Waals surface area contributed by atoms with Crippen molar-refractivity contribution in [2.45, 2.75) is 33.1 Å². The molecule has 1 amide bonds. The first-order chi connectivity index (χ1) is 8.05. The van der Waals surface area contributed by atoms with E-state index in [1.807, 2.05) is 11.9 Å². The summed E-state index contributed by atoms with van der Waals surface area (Å²) in [7, 11) is 1.89. The van der Waals surface area contributed by atoms with E-state index >= 15 is 0 Å². The van der Waals surface area contributed by atoms with Gasteiger partial charge >= 0.3 is 0 Å². The van der Waals surface area contributed by atoms with Crippen LogP contribution in [0.2, 0.25) is 0 Å². The van der Waals surface area contributed by atoms with Gasteiger partial charge in [0, 0.05) is 33.4 Å². The zero-order chi connectivity index (χ0) is 12.9. The molecule has 1 heterocycles. The molecular weight excluding hydrogens is 252 g/mol. The SMILES string of the molecule is CCC(C)CN(C)C(=O)C1(CN)CCOCC1.Cl. The molecule has 108 valence electrons. The Hall–Kier alpha value is -0.320. The van der Waals surface area contributed by atoms with Crippen LogP contribution in [0.15, 0.2) is 0 Å². The Morgan fingerprint density at radius 2 is 2.00 bits per heavy atom. The van der Waals surface area contributed by atoms with E-state index in [0.717, 1.165) is 25.8 Å². The standard InChI is InChI=1S/C13H26N2O2.ClH/c1-4-11(2)9-15(3)12(16)13(10-14)5-7-17-8-6-13;/h11H,4-10,14H2,1-3H3;1H. The van der Waals surface area contributed by atoms with Gasteiger partial charge in [-0.05, 0) is 18.8 Å². The van der Waals surface area contributed by atoms with Crippen molar-refractivity contribution in [2.75, 3.05) is 33.4 Å². The zero-order valence-corrected chi connectivity index (χ0v) is 12.6. The van der Waals surface area contributed by atoms with Crippen LogP contribution in [0.3, 0.4) is 0 Å². The summed E-state index contributed by atoms with van der Waals surface area (Å²) in [5.41, 5.74) is 5.46. The molecule has 2 N–H and O–H groups in total. The molecule has 0 saturated carbocycles. The van der Waals surface area contributed by atoms with Crippen molar-refractivity contribution in [2.24, 2.45) is 17.1 Å². The van der Waals surface area contributed by atoms with Crippen molar-refractivity contribution in [1.29, 1.82) is 0 Å². The average molecular weight is 279 g/mol. The zero-order valence-electron chi connectivity index (χ0n) is 11.8. The molecule has 0 spiro atoms. The van der Waals surface area contributed by atoms with Crippen molar-refractivity contribution >= 4 is 18.3 Å². The summed E-state index contributed by atoms with van der Waals surface area (Å²) in [6, 6.07) is 0. The third kappa shape index (κ3) is 4.11. The van der Waals surface area contributed by atoms with Crippen LogP contribution in [0.1, 0.15) is 33.1 Å². The Bertz CT molecular complexity index is 255. The fourth-order valence-electron chi connectivity index (χ4n) is 2.35. The van der Waals surface area contributed by atoms with Crippen LogP contribution in [0.5, 0.6) is 0 Å². The molecule has 1 saturated heterocycles. The van der Waals surface area contributed by atoms with E-state index in [1.165, 1.54) is 0 Å². The van der Waals surface area contributed by atoms with E-state index in [-0.39, 0.29) is 23.7 Å². The Balaban J connectivity index is 0.00000289. The number of rotatable bonds is 5. The second-order valence-corrected chi connectivity index (χ2v) is 5.30. The van der Waals surface area contributed by atoms with Gasteiger partial charge in [-0.25, -0.2) is 0 Å². The lowest BCUT2D eigenvalue weighted by Crippen LogP contribution is -2.50. The lowest BCUT2D eigenvalue weighted by atomic mass is 9.79. The first-order valence-corrected chi connectivity index (χ1v) is 6.59. The maximum Gasteiger partial charge on any atom is 0.229 e. The van der Waals surface area contributed by atoms with E-state index in [0.29, 0.717) is 25.7 Å². The van der Waals surface area contributed by atoms with E-state index in [4.69, 9.17) is 10.5 Å². The van der Waals surface area contributed by atoms with Gasteiger partial charge in [0.2, 0.25) is 5.91 Å².